The van der Waals surface area contributed by atoms with E-state index in [1.54, 1.807) is 11.3 Å². The molecule has 3 aromatic heterocycles. The predicted octanol–water partition coefficient (Wildman–Crippen LogP) is 12.4. The summed E-state index contributed by atoms with van der Waals surface area (Å²) in [5, 5.41) is 7.47. The fourth-order valence-electron chi connectivity index (χ4n) is 6.80. The Balaban J connectivity index is 1.19. The minimum atomic E-state index is 0.660. The van der Waals surface area contributed by atoms with Crippen LogP contribution >= 0.6 is 22.7 Å². The number of hydrogen-bond acceptors (Lipinski definition) is 5. The zero-order chi connectivity index (χ0) is 31.6. The molecular formula is C43H25N3S2. The highest BCUT2D eigenvalue weighted by molar-refractivity contribution is 7.27. The van der Waals surface area contributed by atoms with Crippen molar-refractivity contribution in [2.75, 3.05) is 0 Å². The van der Waals surface area contributed by atoms with Crippen molar-refractivity contribution in [2.24, 2.45) is 0 Å². The van der Waals surface area contributed by atoms with Crippen molar-refractivity contribution in [1.29, 1.82) is 0 Å². The lowest BCUT2D eigenvalue weighted by atomic mass is 10.0. The molecule has 0 bridgehead atoms. The molecule has 5 heteroatoms. The zero-order valence-electron chi connectivity index (χ0n) is 25.6. The third-order valence-corrected chi connectivity index (χ3v) is 11.5. The largest absolute Gasteiger partial charge is 0.208 e. The molecule has 0 aliphatic heterocycles. The van der Waals surface area contributed by atoms with Gasteiger partial charge in [-0.1, -0.05) is 133 Å². The second kappa shape index (κ2) is 10.9. The highest BCUT2D eigenvalue weighted by Gasteiger charge is 2.18. The van der Waals surface area contributed by atoms with Gasteiger partial charge in [0, 0.05) is 57.0 Å². The van der Waals surface area contributed by atoms with E-state index in [9.17, 15) is 0 Å². The van der Waals surface area contributed by atoms with E-state index in [1.807, 2.05) is 17.4 Å². The van der Waals surface area contributed by atoms with E-state index in [1.165, 1.54) is 56.7 Å². The van der Waals surface area contributed by atoms with E-state index in [0.717, 1.165) is 22.3 Å². The van der Waals surface area contributed by atoms with Gasteiger partial charge in [-0.05, 0) is 40.1 Å². The fraction of sp³-hybridized carbons (Fsp3) is 0. The van der Waals surface area contributed by atoms with Gasteiger partial charge in [-0.15, -0.1) is 22.7 Å². The van der Waals surface area contributed by atoms with Gasteiger partial charge in [-0.25, -0.2) is 15.0 Å². The summed E-state index contributed by atoms with van der Waals surface area (Å²) in [5.41, 5.74) is 5.29. The quantitative estimate of drug-likeness (QED) is 0.191. The second-order valence-corrected chi connectivity index (χ2v) is 14.1. The average molecular weight is 648 g/mol. The number of thiophene rings is 2. The van der Waals surface area contributed by atoms with E-state index >= 15 is 0 Å². The molecule has 0 fully saturated rings. The maximum atomic E-state index is 5.21. The molecule has 0 aliphatic carbocycles. The Morgan fingerprint density at radius 3 is 1.85 bits per heavy atom. The molecular weight excluding hydrogens is 623 g/mol. The second-order valence-electron chi connectivity index (χ2n) is 12.0. The molecule has 0 spiro atoms. The van der Waals surface area contributed by atoms with Crippen LogP contribution < -0.4 is 0 Å². The van der Waals surface area contributed by atoms with Gasteiger partial charge in [-0.2, -0.15) is 0 Å². The first kappa shape index (κ1) is 27.4. The zero-order valence-corrected chi connectivity index (χ0v) is 27.2. The van der Waals surface area contributed by atoms with Crippen LogP contribution in [0.5, 0.6) is 0 Å². The van der Waals surface area contributed by atoms with Crippen LogP contribution in [-0.2, 0) is 0 Å². The number of rotatable bonds is 4. The summed E-state index contributed by atoms with van der Waals surface area (Å²) in [6.07, 6.45) is 0. The van der Waals surface area contributed by atoms with Gasteiger partial charge < -0.3 is 0 Å². The van der Waals surface area contributed by atoms with Gasteiger partial charge in [0.25, 0.3) is 0 Å². The van der Waals surface area contributed by atoms with Crippen LogP contribution in [0.25, 0.3) is 96.4 Å². The Kier molecular flexibility index (Phi) is 6.22. The van der Waals surface area contributed by atoms with E-state index in [2.05, 4.69) is 146 Å². The van der Waals surface area contributed by atoms with Gasteiger partial charge >= 0.3 is 0 Å². The summed E-state index contributed by atoms with van der Waals surface area (Å²) < 4.78 is 5.02. The molecule has 3 heterocycles. The first-order valence-corrected chi connectivity index (χ1v) is 17.6. The molecule has 0 radical (unpaired) electrons. The number of fused-ring (bicyclic) bond motifs is 8. The molecule has 0 amide bonds. The van der Waals surface area contributed by atoms with Crippen molar-refractivity contribution in [3.05, 3.63) is 152 Å². The molecule has 48 heavy (non-hydrogen) atoms. The van der Waals surface area contributed by atoms with Gasteiger partial charge in [0.2, 0.25) is 0 Å². The van der Waals surface area contributed by atoms with Crippen molar-refractivity contribution < 1.29 is 0 Å². The molecule has 224 valence electrons. The summed E-state index contributed by atoms with van der Waals surface area (Å²) in [7, 11) is 0. The molecule has 3 nitrogen and oxygen atoms in total. The summed E-state index contributed by atoms with van der Waals surface area (Å²) in [5.74, 6) is 2.01. The molecule has 10 aromatic rings. The minimum absolute atomic E-state index is 0.660. The number of nitrogens with zero attached hydrogens (tertiary/aromatic N) is 3. The van der Waals surface area contributed by atoms with Crippen LogP contribution in [0.2, 0.25) is 0 Å². The lowest BCUT2D eigenvalue weighted by molar-refractivity contribution is 1.08. The van der Waals surface area contributed by atoms with Crippen LogP contribution in [0.3, 0.4) is 0 Å². The van der Waals surface area contributed by atoms with Gasteiger partial charge in [-0.3, -0.25) is 0 Å². The molecule has 7 aromatic carbocycles. The smallest absolute Gasteiger partial charge is 0.164 e. The third-order valence-electron chi connectivity index (χ3n) is 9.15. The molecule has 0 saturated heterocycles. The normalized spacial score (nSPS) is 11.8. The lowest BCUT2D eigenvalue weighted by Gasteiger charge is -2.10. The van der Waals surface area contributed by atoms with Crippen molar-refractivity contribution >= 4 is 73.8 Å². The fourth-order valence-corrected chi connectivity index (χ4v) is 9.21. The van der Waals surface area contributed by atoms with Crippen LogP contribution in [0.4, 0.5) is 0 Å². The first-order chi connectivity index (χ1) is 23.8. The molecule has 0 N–H and O–H groups in total. The van der Waals surface area contributed by atoms with Crippen LogP contribution in [0.15, 0.2) is 152 Å². The van der Waals surface area contributed by atoms with Crippen molar-refractivity contribution in [3.63, 3.8) is 0 Å². The summed E-state index contributed by atoms with van der Waals surface area (Å²) in [6, 6.07) is 53.7. The van der Waals surface area contributed by atoms with Crippen LogP contribution in [-0.4, -0.2) is 15.0 Å². The minimum Gasteiger partial charge on any atom is -0.208 e. The van der Waals surface area contributed by atoms with E-state index < -0.39 is 0 Å². The highest BCUT2D eigenvalue weighted by Crippen LogP contribution is 2.43. The van der Waals surface area contributed by atoms with Gasteiger partial charge in [0.1, 0.15) is 0 Å². The van der Waals surface area contributed by atoms with E-state index in [0.29, 0.717) is 17.5 Å². The van der Waals surface area contributed by atoms with E-state index in [-0.39, 0.29) is 0 Å². The molecule has 0 aliphatic rings. The standard InChI is InChI=1S/C43H25N3S2/c1-2-9-26(10-3-1)27-17-19-29(20-18-27)41-44-42(30-22-23-33-32-13-6-7-15-36(32)47-38(33)25-30)46-43(45-41)35-14-8-16-37-39(35)34-24-21-28-11-4-5-12-31(28)40(34)48-37/h1-25H. The molecule has 0 atom stereocenters. The third kappa shape index (κ3) is 4.43. The van der Waals surface area contributed by atoms with Gasteiger partial charge in [0.15, 0.2) is 17.5 Å². The summed E-state index contributed by atoms with van der Waals surface area (Å²) in [6.45, 7) is 0. The van der Waals surface area contributed by atoms with Crippen molar-refractivity contribution in [2.45, 2.75) is 0 Å². The van der Waals surface area contributed by atoms with E-state index in [4.69, 9.17) is 15.0 Å². The molecule has 0 saturated carbocycles. The Hall–Kier alpha value is -5.75. The van der Waals surface area contributed by atoms with Crippen molar-refractivity contribution in [3.8, 4) is 45.3 Å². The lowest BCUT2D eigenvalue weighted by Crippen LogP contribution is -2.00. The topological polar surface area (TPSA) is 38.7 Å². The van der Waals surface area contributed by atoms with Crippen LogP contribution in [0, 0.1) is 0 Å². The SMILES string of the molecule is c1ccc(-c2ccc(-c3nc(-c4ccc5c(c4)sc4ccccc45)nc(-c4cccc5sc6c7ccccc7ccc6c45)n3)cc2)cc1. The Bertz CT molecular complexity index is 2830. The van der Waals surface area contributed by atoms with Crippen molar-refractivity contribution in [1.82, 2.24) is 15.0 Å². The highest BCUT2D eigenvalue weighted by atomic mass is 32.1. The predicted molar refractivity (Wildman–Crippen MR) is 205 cm³/mol. The Labute approximate surface area is 284 Å². The maximum Gasteiger partial charge on any atom is 0.164 e. The van der Waals surface area contributed by atoms with Gasteiger partial charge in [0.05, 0.1) is 0 Å². The Morgan fingerprint density at radius 1 is 0.354 bits per heavy atom. The van der Waals surface area contributed by atoms with Crippen LogP contribution in [0.1, 0.15) is 0 Å². The monoisotopic (exact) mass is 647 g/mol. The first-order valence-electron chi connectivity index (χ1n) is 15.9. The summed E-state index contributed by atoms with van der Waals surface area (Å²) in [4.78, 5) is 15.5. The molecule has 0 unspecified atom stereocenters. The molecule has 10 rings (SSSR count). The average Bonchev–Trinajstić information content (AvgIpc) is 3.73. The Morgan fingerprint density at radius 2 is 0.979 bits per heavy atom. The summed E-state index contributed by atoms with van der Waals surface area (Å²) >= 11 is 3.64. The number of hydrogen-bond donors (Lipinski definition) is 0. The number of aromatic nitrogens is 3. The number of benzene rings is 7. The maximum absolute atomic E-state index is 5.21.